The summed E-state index contributed by atoms with van der Waals surface area (Å²) in [5.41, 5.74) is 1.97. The lowest BCUT2D eigenvalue weighted by atomic mass is 10.1. The fourth-order valence-electron chi connectivity index (χ4n) is 2.99. The van der Waals surface area contributed by atoms with Crippen LogP contribution in [0.1, 0.15) is 24.0 Å². The Balaban J connectivity index is 1.88. The van der Waals surface area contributed by atoms with Crippen LogP contribution in [-0.2, 0) is 6.54 Å². The van der Waals surface area contributed by atoms with E-state index in [0.29, 0.717) is 5.69 Å². The molecule has 2 aromatic rings. The molecule has 4 nitrogen and oxygen atoms in total. The molecule has 1 aliphatic heterocycles. The van der Waals surface area contributed by atoms with Crippen molar-refractivity contribution < 1.29 is 4.39 Å². The number of hydrogen-bond acceptors (Lipinski definition) is 3. The van der Waals surface area contributed by atoms with E-state index in [9.17, 15) is 9.65 Å². The Morgan fingerprint density at radius 3 is 3.05 bits per heavy atom. The van der Waals surface area contributed by atoms with Gasteiger partial charge in [0.05, 0.1) is 18.4 Å². The zero-order chi connectivity index (χ0) is 14.8. The van der Waals surface area contributed by atoms with Gasteiger partial charge in [-0.15, -0.1) is 0 Å². The molecule has 1 aliphatic rings. The summed E-state index contributed by atoms with van der Waals surface area (Å²) in [6.07, 6.45) is 5.92. The van der Waals surface area contributed by atoms with Crippen LogP contribution < -0.4 is 4.90 Å². The summed E-state index contributed by atoms with van der Waals surface area (Å²) < 4.78 is 15.7. The zero-order valence-corrected chi connectivity index (χ0v) is 12.0. The number of halogens is 1. The van der Waals surface area contributed by atoms with Crippen molar-refractivity contribution in [3.05, 3.63) is 47.5 Å². The number of nitrogens with zero attached hydrogens (tertiary/aromatic N) is 4. The minimum Gasteiger partial charge on any atom is -0.366 e. The van der Waals surface area contributed by atoms with Gasteiger partial charge in [0, 0.05) is 18.8 Å². The summed E-state index contributed by atoms with van der Waals surface area (Å²) in [7, 11) is 0. The van der Waals surface area contributed by atoms with E-state index in [1.165, 1.54) is 6.07 Å². The lowest BCUT2D eigenvalue weighted by molar-refractivity contribution is 0.508. The maximum atomic E-state index is 13.8. The number of aromatic nitrogens is 2. The molecule has 21 heavy (non-hydrogen) atoms. The minimum absolute atomic E-state index is 0.140. The van der Waals surface area contributed by atoms with Crippen molar-refractivity contribution in [1.29, 1.82) is 5.26 Å². The predicted octanol–water partition coefficient (Wildman–Crippen LogP) is 2.87. The van der Waals surface area contributed by atoms with Gasteiger partial charge in [-0.25, -0.2) is 4.39 Å². The van der Waals surface area contributed by atoms with E-state index in [4.69, 9.17) is 0 Å². The van der Waals surface area contributed by atoms with Gasteiger partial charge in [-0.05, 0) is 37.5 Å². The highest BCUT2D eigenvalue weighted by Crippen LogP contribution is 2.30. The Hall–Kier alpha value is -2.35. The van der Waals surface area contributed by atoms with Crippen molar-refractivity contribution in [2.24, 2.45) is 0 Å². The summed E-state index contributed by atoms with van der Waals surface area (Å²) >= 11 is 0. The normalized spacial score (nSPS) is 18.0. The molecule has 0 amide bonds. The van der Waals surface area contributed by atoms with E-state index in [0.717, 1.165) is 31.5 Å². The molecule has 1 fully saturated rings. The van der Waals surface area contributed by atoms with Gasteiger partial charge < -0.3 is 4.90 Å². The van der Waals surface area contributed by atoms with Crippen LogP contribution in [0, 0.1) is 24.1 Å². The first kappa shape index (κ1) is 13.6. The van der Waals surface area contributed by atoms with Crippen LogP contribution >= 0.6 is 0 Å². The molecule has 0 unspecified atom stereocenters. The van der Waals surface area contributed by atoms with E-state index >= 15 is 0 Å². The third-order valence-corrected chi connectivity index (χ3v) is 3.95. The molecule has 0 bridgehead atoms. The lowest BCUT2D eigenvalue weighted by Gasteiger charge is -2.27. The van der Waals surface area contributed by atoms with Gasteiger partial charge in [0.25, 0.3) is 0 Å². The third kappa shape index (κ3) is 2.62. The van der Waals surface area contributed by atoms with Gasteiger partial charge in [-0.3, -0.25) is 4.68 Å². The summed E-state index contributed by atoms with van der Waals surface area (Å²) in [5, 5.41) is 13.5. The second-order valence-corrected chi connectivity index (χ2v) is 5.47. The third-order valence-electron chi connectivity index (χ3n) is 3.95. The highest BCUT2D eigenvalue weighted by atomic mass is 19.1. The predicted molar refractivity (Wildman–Crippen MR) is 78.4 cm³/mol. The first-order valence-electron chi connectivity index (χ1n) is 7.13. The summed E-state index contributed by atoms with van der Waals surface area (Å²) in [5.74, 6) is -0.449. The first-order chi connectivity index (χ1) is 10.2. The quantitative estimate of drug-likeness (QED) is 0.870. The molecule has 1 aromatic carbocycles. The summed E-state index contributed by atoms with van der Waals surface area (Å²) in [4.78, 5) is 2.14. The topological polar surface area (TPSA) is 44.9 Å². The molecule has 108 valence electrons. The summed E-state index contributed by atoms with van der Waals surface area (Å²) in [6.45, 7) is 3.62. The molecule has 5 heteroatoms. The van der Waals surface area contributed by atoms with E-state index in [2.05, 4.69) is 10.00 Å². The van der Waals surface area contributed by atoms with Crippen molar-refractivity contribution in [3.8, 4) is 6.07 Å². The number of hydrogen-bond donors (Lipinski definition) is 0. The van der Waals surface area contributed by atoms with Crippen molar-refractivity contribution in [2.45, 2.75) is 32.4 Å². The Labute approximate surface area is 123 Å². The molecule has 0 radical (unpaired) electrons. The maximum absolute atomic E-state index is 13.8. The average molecular weight is 284 g/mol. The van der Waals surface area contributed by atoms with Crippen LogP contribution in [0.15, 0.2) is 30.6 Å². The van der Waals surface area contributed by atoms with Crippen LogP contribution in [-0.4, -0.2) is 22.4 Å². The molecule has 2 heterocycles. The summed E-state index contributed by atoms with van der Waals surface area (Å²) in [6, 6.07) is 7.07. The standard InChI is InChI=1S/C16H17FN4/c1-12-9-19-20(10-12)11-13-4-3-7-21(13)16-6-2-5-15(17)14(16)8-18/h2,5-6,9-10,13H,3-4,7,11H2,1H3/t13-/m0/s1. The van der Waals surface area contributed by atoms with Gasteiger partial charge in [0.15, 0.2) is 0 Å². The average Bonchev–Trinajstić information content (AvgIpc) is 3.08. The maximum Gasteiger partial charge on any atom is 0.143 e. The van der Waals surface area contributed by atoms with Crippen LogP contribution in [0.4, 0.5) is 10.1 Å². The monoisotopic (exact) mass is 284 g/mol. The molecule has 3 rings (SSSR count). The van der Waals surface area contributed by atoms with Gasteiger partial charge in [0.2, 0.25) is 0 Å². The Morgan fingerprint density at radius 2 is 2.33 bits per heavy atom. The molecule has 0 aliphatic carbocycles. The van der Waals surface area contributed by atoms with E-state index in [1.807, 2.05) is 36.1 Å². The molecule has 1 atom stereocenters. The number of benzene rings is 1. The number of rotatable bonds is 3. The van der Waals surface area contributed by atoms with Crippen LogP contribution in [0.25, 0.3) is 0 Å². The van der Waals surface area contributed by atoms with Gasteiger partial charge in [0.1, 0.15) is 17.4 Å². The first-order valence-corrected chi connectivity index (χ1v) is 7.13. The van der Waals surface area contributed by atoms with Crippen molar-refractivity contribution in [2.75, 3.05) is 11.4 Å². The second-order valence-electron chi connectivity index (χ2n) is 5.47. The molecular weight excluding hydrogens is 267 g/mol. The molecular formula is C16H17FN4. The fourth-order valence-corrected chi connectivity index (χ4v) is 2.99. The molecule has 0 N–H and O–H groups in total. The van der Waals surface area contributed by atoms with Crippen LogP contribution in [0.2, 0.25) is 0 Å². The van der Waals surface area contributed by atoms with E-state index in [1.54, 1.807) is 6.07 Å². The smallest absolute Gasteiger partial charge is 0.143 e. The van der Waals surface area contributed by atoms with Gasteiger partial charge in [-0.2, -0.15) is 10.4 Å². The largest absolute Gasteiger partial charge is 0.366 e. The zero-order valence-electron chi connectivity index (χ0n) is 12.0. The Bertz CT molecular complexity index is 686. The Morgan fingerprint density at radius 1 is 1.48 bits per heavy atom. The van der Waals surface area contributed by atoms with Gasteiger partial charge in [-0.1, -0.05) is 6.07 Å². The van der Waals surface area contributed by atoms with Crippen LogP contribution in [0.5, 0.6) is 0 Å². The number of nitriles is 1. The fraction of sp³-hybridized carbons (Fsp3) is 0.375. The Kier molecular flexibility index (Phi) is 3.61. The van der Waals surface area contributed by atoms with Crippen molar-refractivity contribution in [3.63, 3.8) is 0 Å². The highest BCUT2D eigenvalue weighted by molar-refractivity contribution is 5.61. The van der Waals surface area contributed by atoms with Crippen molar-refractivity contribution in [1.82, 2.24) is 9.78 Å². The van der Waals surface area contributed by atoms with Gasteiger partial charge >= 0.3 is 0 Å². The molecule has 0 spiro atoms. The minimum atomic E-state index is -0.449. The van der Waals surface area contributed by atoms with E-state index < -0.39 is 5.82 Å². The molecule has 0 saturated carbocycles. The lowest BCUT2D eigenvalue weighted by Crippen LogP contribution is -2.33. The number of anilines is 1. The highest BCUT2D eigenvalue weighted by Gasteiger charge is 2.27. The SMILES string of the molecule is Cc1cnn(C[C@@H]2CCCN2c2cccc(F)c2C#N)c1. The van der Waals surface area contributed by atoms with E-state index in [-0.39, 0.29) is 11.6 Å². The number of aryl methyl sites for hydroxylation is 1. The molecule has 1 saturated heterocycles. The van der Waals surface area contributed by atoms with Crippen LogP contribution in [0.3, 0.4) is 0 Å². The molecule has 1 aromatic heterocycles. The van der Waals surface area contributed by atoms with Crippen molar-refractivity contribution >= 4 is 5.69 Å². The second kappa shape index (κ2) is 5.57.